The van der Waals surface area contributed by atoms with Gasteiger partial charge in [-0.2, -0.15) is 0 Å². The molecule has 0 heterocycles. The van der Waals surface area contributed by atoms with Crippen molar-refractivity contribution in [3.8, 4) is 5.75 Å². The highest BCUT2D eigenvalue weighted by Gasteiger charge is 2.24. The molecule has 0 spiro atoms. The van der Waals surface area contributed by atoms with Crippen molar-refractivity contribution in [2.24, 2.45) is 0 Å². The Morgan fingerprint density at radius 3 is 2.60 bits per heavy atom. The highest BCUT2D eigenvalue weighted by molar-refractivity contribution is 6.30. The van der Waals surface area contributed by atoms with E-state index in [1.165, 1.54) is 0 Å². The number of hydrogen-bond acceptors (Lipinski definition) is 5. The lowest BCUT2D eigenvalue weighted by atomic mass is 10.0. The number of phenols is 1. The molecular formula is C17H17ClFNO5. The van der Waals surface area contributed by atoms with Gasteiger partial charge in [-0.3, -0.25) is 0 Å². The maximum Gasteiger partial charge on any atom is 0.407 e. The third kappa shape index (κ3) is 5.32. The number of amides is 1. The van der Waals surface area contributed by atoms with Crippen molar-refractivity contribution in [2.75, 3.05) is 6.54 Å². The van der Waals surface area contributed by atoms with E-state index in [9.17, 15) is 24.5 Å². The number of aliphatic hydroxyl groups is 2. The molecule has 0 aromatic heterocycles. The van der Waals surface area contributed by atoms with Gasteiger partial charge in [0.1, 0.15) is 18.8 Å². The average Bonchev–Trinajstić information content (AvgIpc) is 2.61. The molecule has 2 atom stereocenters. The number of aromatic hydroxyl groups is 1. The van der Waals surface area contributed by atoms with Crippen LogP contribution in [0, 0.1) is 5.82 Å². The Morgan fingerprint density at radius 1 is 1.24 bits per heavy atom. The number of rotatable bonds is 6. The number of phenolic OH excluding ortho intramolecular Hbond substituents is 1. The van der Waals surface area contributed by atoms with Crippen LogP contribution in [0.5, 0.6) is 5.75 Å². The number of nitrogens with one attached hydrogen (secondary N) is 1. The van der Waals surface area contributed by atoms with Crippen molar-refractivity contribution in [3.05, 3.63) is 64.4 Å². The number of alkyl carbamates (subject to hydrolysis) is 1. The molecule has 6 nitrogen and oxygen atoms in total. The molecule has 2 aromatic carbocycles. The molecule has 0 saturated heterocycles. The second-order valence-electron chi connectivity index (χ2n) is 5.28. The van der Waals surface area contributed by atoms with Crippen LogP contribution in [0.1, 0.15) is 17.2 Å². The molecule has 0 saturated carbocycles. The van der Waals surface area contributed by atoms with Crippen LogP contribution < -0.4 is 5.32 Å². The largest absolute Gasteiger partial charge is 0.505 e. The number of ether oxygens (including phenoxy) is 1. The fraction of sp³-hybridized carbons (Fsp3) is 0.235. The van der Waals surface area contributed by atoms with Crippen molar-refractivity contribution >= 4 is 17.7 Å². The van der Waals surface area contributed by atoms with Crippen molar-refractivity contribution in [1.29, 1.82) is 0 Å². The summed E-state index contributed by atoms with van der Waals surface area (Å²) in [6, 6.07) is 11.0. The first-order valence-electron chi connectivity index (χ1n) is 7.37. The van der Waals surface area contributed by atoms with Crippen LogP contribution in [0.15, 0.2) is 42.5 Å². The molecule has 1 amide bonds. The number of carbonyl (C=O) groups excluding carboxylic acids is 1. The fourth-order valence-electron chi connectivity index (χ4n) is 2.09. The molecule has 0 fully saturated rings. The summed E-state index contributed by atoms with van der Waals surface area (Å²) in [4.78, 5) is 11.6. The second kappa shape index (κ2) is 8.66. The minimum Gasteiger partial charge on any atom is -0.505 e. The molecule has 2 aromatic rings. The number of carbonyl (C=O) groups is 1. The quantitative estimate of drug-likeness (QED) is 0.627. The number of hydrogen-bond donors (Lipinski definition) is 4. The third-order valence-corrected chi connectivity index (χ3v) is 3.63. The summed E-state index contributed by atoms with van der Waals surface area (Å²) >= 11 is 5.66. The maximum absolute atomic E-state index is 13.4. The summed E-state index contributed by atoms with van der Waals surface area (Å²) < 4.78 is 18.4. The van der Waals surface area contributed by atoms with Gasteiger partial charge in [-0.25, -0.2) is 9.18 Å². The van der Waals surface area contributed by atoms with Gasteiger partial charge in [0, 0.05) is 17.1 Å². The van der Waals surface area contributed by atoms with E-state index in [1.54, 1.807) is 24.3 Å². The van der Waals surface area contributed by atoms with Gasteiger partial charge in [0.2, 0.25) is 0 Å². The Bertz CT molecular complexity index is 728. The van der Waals surface area contributed by atoms with Gasteiger partial charge in [0.05, 0.1) is 0 Å². The van der Waals surface area contributed by atoms with Crippen LogP contribution in [0.2, 0.25) is 5.02 Å². The minimum absolute atomic E-state index is 0.0472. The predicted molar refractivity (Wildman–Crippen MR) is 88.7 cm³/mol. The molecule has 0 aliphatic carbocycles. The van der Waals surface area contributed by atoms with E-state index < -0.39 is 29.9 Å². The Kier molecular flexibility index (Phi) is 6.58. The number of benzene rings is 2. The monoisotopic (exact) mass is 369 g/mol. The van der Waals surface area contributed by atoms with E-state index in [0.29, 0.717) is 0 Å². The standard InChI is InChI=1S/C17H17ClFNO5/c18-11-6-12(15(22)13(19)7-11)16(23)14(21)8-20-17(24)25-9-10-4-2-1-3-5-10/h1-7,14,16,21-23H,8-9H2,(H,20,24). The number of aliphatic hydroxyl groups excluding tert-OH is 2. The molecule has 25 heavy (non-hydrogen) atoms. The lowest BCUT2D eigenvalue weighted by molar-refractivity contribution is 0.0168. The van der Waals surface area contributed by atoms with Gasteiger partial charge in [-0.1, -0.05) is 41.9 Å². The van der Waals surface area contributed by atoms with E-state index in [2.05, 4.69) is 5.32 Å². The van der Waals surface area contributed by atoms with Crippen LogP contribution in [0.4, 0.5) is 9.18 Å². The summed E-state index contributed by atoms with van der Waals surface area (Å²) in [6.07, 6.45) is -3.95. The molecule has 134 valence electrons. The zero-order chi connectivity index (χ0) is 18.4. The summed E-state index contributed by atoms with van der Waals surface area (Å²) in [5, 5.41) is 31.8. The first kappa shape index (κ1) is 19.0. The molecule has 0 radical (unpaired) electrons. The molecule has 8 heteroatoms. The first-order chi connectivity index (χ1) is 11.9. The van der Waals surface area contributed by atoms with E-state index in [-0.39, 0.29) is 23.7 Å². The predicted octanol–water partition coefficient (Wildman–Crippen LogP) is 2.51. The summed E-state index contributed by atoms with van der Waals surface area (Å²) in [5.74, 6) is -1.84. The smallest absolute Gasteiger partial charge is 0.407 e. The van der Waals surface area contributed by atoms with Crippen LogP contribution >= 0.6 is 11.6 Å². The Hall–Kier alpha value is -2.35. The first-order valence-corrected chi connectivity index (χ1v) is 7.75. The van der Waals surface area contributed by atoms with Crippen LogP contribution in [-0.2, 0) is 11.3 Å². The zero-order valence-electron chi connectivity index (χ0n) is 13.0. The van der Waals surface area contributed by atoms with Gasteiger partial charge in [-0.15, -0.1) is 0 Å². The van der Waals surface area contributed by atoms with Crippen LogP contribution in [0.25, 0.3) is 0 Å². The summed E-state index contributed by atoms with van der Waals surface area (Å²) in [5.41, 5.74) is 0.509. The SMILES string of the molecule is O=C(NCC(O)C(O)c1cc(Cl)cc(F)c1O)OCc1ccccc1. The van der Waals surface area contributed by atoms with Gasteiger partial charge in [0.25, 0.3) is 0 Å². The Balaban J connectivity index is 1.87. The topological polar surface area (TPSA) is 99.0 Å². The summed E-state index contributed by atoms with van der Waals surface area (Å²) in [6.45, 7) is -0.325. The van der Waals surface area contributed by atoms with Gasteiger partial charge in [0.15, 0.2) is 11.6 Å². The third-order valence-electron chi connectivity index (χ3n) is 3.41. The molecule has 2 rings (SSSR count). The van der Waals surface area contributed by atoms with Crippen LogP contribution in [-0.4, -0.2) is 34.1 Å². The van der Waals surface area contributed by atoms with Crippen molar-refractivity contribution < 1.29 is 29.2 Å². The van der Waals surface area contributed by atoms with Crippen LogP contribution in [0.3, 0.4) is 0 Å². The van der Waals surface area contributed by atoms with Crippen molar-refractivity contribution in [3.63, 3.8) is 0 Å². The van der Waals surface area contributed by atoms with Crippen molar-refractivity contribution in [1.82, 2.24) is 5.32 Å². The minimum atomic E-state index is -1.65. The normalized spacial score (nSPS) is 13.1. The second-order valence-corrected chi connectivity index (χ2v) is 5.72. The van der Waals surface area contributed by atoms with E-state index in [1.807, 2.05) is 6.07 Å². The fourth-order valence-corrected chi connectivity index (χ4v) is 2.31. The maximum atomic E-state index is 13.4. The summed E-state index contributed by atoms with van der Waals surface area (Å²) in [7, 11) is 0. The molecule has 0 aliphatic heterocycles. The van der Waals surface area contributed by atoms with Crippen molar-refractivity contribution in [2.45, 2.75) is 18.8 Å². The Labute approximate surface area is 148 Å². The average molecular weight is 370 g/mol. The molecule has 2 unspecified atom stereocenters. The van der Waals surface area contributed by atoms with Gasteiger partial charge >= 0.3 is 6.09 Å². The van der Waals surface area contributed by atoms with E-state index in [0.717, 1.165) is 17.7 Å². The highest BCUT2D eigenvalue weighted by Crippen LogP contribution is 2.31. The Morgan fingerprint density at radius 2 is 1.92 bits per heavy atom. The molecule has 0 aliphatic rings. The van der Waals surface area contributed by atoms with E-state index >= 15 is 0 Å². The highest BCUT2D eigenvalue weighted by atomic mass is 35.5. The number of halogens is 2. The van der Waals surface area contributed by atoms with E-state index in [4.69, 9.17) is 16.3 Å². The zero-order valence-corrected chi connectivity index (χ0v) is 13.8. The molecule has 4 N–H and O–H groups in total. The molecular weight excluding hydrogens is 353 g/mol. The lowest BCUT2D eigenvalue weighted by Gasteiger charge is -2.20. The van der Waals surface area contributed by atoms with Gasteiger partial charge < -0.3 is 25.4 Å². The lowest BCUT2D eigenvalue weighted by Crippen LogP contribution is -2.35. The molecule has 0 bridgehead atoms. The van der Waals surface area contributed by atoms with Gasteiger partial charge in [-0.05, 0) is 17.7 Å².